The molecule has 6 heterocycles. The number of aromatic nitrogens is 4. The summed E-state index contributed by atoms with van der Waals surface area (Å²) >= 11 is 0. The molecule has 0 spiro atoms. The number of aliphatic hydroxyl groups is 2. The number of nitrogens with one attached hydrogen (secondary N) is 2. The summed E-state index contributed by atoms with van der Waals surface area (Å²) in [5, 5.41) is 28.4. The highest BCUT2D eigenvalue weighted by atomic mass is 16.3. The van der Waals surface area contributed by atoms with Gasteiger partial charge in [-0.25, -0.2) is 9.97 Å². The Bertz CT molecular complexity index is 1880. The van der Waals surface area contributed by atoms with Crippen LogP contribution in [0.2, 0.25) is 0 Å². The molecule has 2 saturated heterocycles. The molecule has 56 heavy (non-hydrogen) atoms. The van der Waals surface area contributed by atoms with Gasteiger partial charge in [0.2, 0.25) is 0 Å². The van der Waals surface area contributed by atoms with Gasteiger partial charge in [0.1, 0.15) is 11.6 Å². The lowest BCUT2D eigenvalue weighted by atomic mass is 9.77. The fraction of sp³-hybridized carbons (Fsp3) is 0.591. The molecule has 0 unspecified atom stereocenters. The van der Waals surface area contributed by atoms with Gasteiger partial charge in [-0.05, 0) is 130 Å². The van der Waals surface area contributed by atoms with Crippen molar-refractivity contribution >= 4 is 45.3 Å². The van der Waals surface area contributed by atoms with Gasteiger partial charge >= 0.3 is 0 Å². The van der Waals surface area contributed by atoms with Crippen LogP contribution in [0.3, 0.4) is 0 Å². The second kappa shape index (κ2) is 16.2. The highest BCUT2D eigenvalue weighted by Crippen LogP contribution is 2.34. The number of anilines is 2. The molecular weight excluding hydrogens is 705 g/mol. The maximum atomic E-state index is 12.7. The van der Waals surface area contributed by atoms with Crippen molar-refractivity contribution in [2.75, 3.05) is 22.9 Å². The highest BCUT2D eigenvalue weighted by molar-refractivity contribution is 5.98. The molecular formula is C44H60N8O4. The summed E-state index contributed by atoms with van der Waals surface area (Å²) in [6.07, 6.45) is 16.7. The van der Waals surface area contributed by atoms with E-state index in [-0.39, 0.29) is 23.9 Å². The molecule has 2 aliphatic carbocycles. The normalized spacial score (nSPS) is 25.4. The van der Waals surface area contributed by atoms with Crippen molar-refractivity contribution in [2.24, 2.45) is 11.8 Å². The molecule has 2 saturated carbocycles. The van der Waals surface area contributed by atoms with E-state index in [0.29, 0.717) is 35.0 Å². The van der Waals surface area contributed by atoms with Crippen LogP contribution in [0.15, 0.2) is 49.1 Å². The minimum atomic E-state index is -0.642. The van der Waals surface area contributed by atoms with Crippen LogP contribution in [-0.2, 0) is 0 Å². The molecule has 4 fully saturated rings. The van der Waals surface area contributed by atoms with E-state index in [4.69, 9.17) is 0 Å². The Morgan fingerprint density at radius 1 is 0.571 bits per heavy atom. The van der Waals surface area contributed by atoms with Crippen molar-refractivity contribution in [3.63, 3.8) is 0 Å². The number of carbonyl (C=O) groups is 2. The zero-order chi connectivity index (χ0) is 39.8. The molecule has 4 aliphatic rings. The first-order chi connectivity index (χ1) is 26.6. The van der Waals surface area contributed by atoms with Gasteiger partial charge in [-0.1, -0.05) is 0 Å². The van der Waals surface area contributed by atoms with Gasteiger partial charge in [0.15, 0.2) is 0 Å². The summed E-state index contributed by atoms with van der Waals surface area (Å²) in [7, 11) is 0. The molecule has 2 aliphatic heterocycles. The number of fused-ring (bicyclic) bond motifs is 2. The first-order valence-corrected chi connectivity index (χ1v) is 20.7. The van der Waals surface area contributed by atoms with Crippen LogP contribution in [-0.4, -0.2) is 90.4 Å². The molecule has 12 nitrogen and oxygen atoms in total. The van der Waals surface area contributed by atoms with Gasteiger partial charge in [0, 0.05) is 84.9 Å². The molecule has 12 heteroatoms. The number of hydrogen-bond acceptors (Lipinski definition) is 10. The van der Waals surface area contributed by atoms with E-state index in [1.165, 1.54) is 12.8 Å². The van der Waals surface area contributed by atoms with Crippen molar-refractivity contribution in [3.05, 3.63) is 60.2 Å². The Balaban J connectivity index is 0.000000172. The van der Waals surface area contributed by atoms with Gasteiger partial charge in [0.05, 0.1) is 33.4 Å². The average Bonchev–Trinajstić information content (AvgIpc) is 3.16. The number of rotatable bonds is 8. The van der Waals surface area contributed by atoms with Gasteiger partial charge < -0.3 is 30.6 Å². The van der Waals surface area contributed by atoms with Crippen LogP contribution >= 0.6 is 0 Å². The van der Waals surface area contributed by atoms with Crippen molar-refractivity contribution in [3.8, 4) is 0 Å². The summed E-state index contributed by atoms with van der Waals surface area (Å²) in [6, 6.07) is 9.13. The van der Waals surface area contributed by atoms with Gasteiger partial charge in [-0.3, -0.25) is 19.6 Å². The van der Waals surface area contributed by atoms with E-state index >= 15 is 0 Å². The fourth-order valence-corrected chi connectivity index (χ4v) is 8.73. The third kappa shape index (κ3) is 9.07. The Morgan fingerprint density at radius 2 is 0.946 bits per heavy atom. The summed E-state index contributed by atoms with van der Waals surface area (Å²) < 4.78 is 0. The number of carbonyl (C=O) groups excluding carboxylic acids is 2. The van der Waals surface area contributed by atoms with Crippen LogP contribution in [0.25, 0.3) is 21.8 Å². The highest BCUT2D eigenvalue weighted by Gasteiger charge is 2.33. The summed E-state index contributed by atoms with van der Waals surface area (Å²) in [5.74, 6) is 2.36. The minimum absolute atomic E-state index is 0.0819. The third-order valence-electron chi connectivity index (χ3n) is 13.0. The number of amides is 2. The van der Waals surface area contributed by atoms with Crippen LogP contribution in [0.4, 0.5) is 11.6 Å². The molecule has 2 amide bonds. The molecule has 0 aromatic carbocycles. The van der Waals surface area contributed by atoms with Crippen molar-refractivity contribution < 1.29 is 19.8 Å². The van der Waals surface area contributed by atoms with E-state index in [1.807, 2.05) is 64.4 Å². The van der Waals surface area contributed by atoms with E-state index in [1.54, 1.807) is 12.4 Å². The largest absolute Gasteiger partial charge is 0.390 e. The van der Waals surface area contributed by atoms with Crippen molar-refractivity contribution in [1.82, 2.24) is 30.6 Å². The molecule has 300 valence electrons. The molecule has 8 rings (SSSR count). The van der Waals surface area contributed by atoms with Crippen LogP contribution < -0.4 is 20.4 Å². The third-order valence-corrected chi connectivity index (χ3v) is 13.0. The minimum Gasteiger partial charge on any atom is -0.390 e. The topological polar surface area (TPSA) is 157 Å². The smallest absolute Gasteiger partial charge is 0.253 e. The summed E-state index contributed by atoms with van der Waals surface area (Å²) in [6.45, 7) is 14.0. The van der Waals surface area contributed by atoms with Crippen LogP contribution in [0.1, 0.15) is 126 Å². The monoisotopic (exact) mass is 764 g/mol. The van der Waals surface area contributed by atoms with Crippen LogP contribution in [0, 0.1) is 11.8 Å². The standard InChI is InChI=1S/2C22H30N4O2/c2*1-14-8-9-26(14)20-11-19-15(12-24-20)10-16(13-23-19)21(27)25-18-6-4-17(5-7-18)22(2,3)28/h2*10-14,17-18,28H,4-9H2,1-3H3,(H,25,27)/t2*14-,17?,18?/m10/s1. The Morgan fingerprint density at radius 3 is 1.25 bits per heavy atom. The van der Waals surface area contributed by atoms with Crippen LogP contribution in [0.5, 0.6) is 0 Å². The molecule has 4 aromatic heterocycles. The molecule has 4 N–H and O–H groups in total. The average molecular weight is 765 g/mol. The first kappa shape index (κ1) is 39.8. The Labute approximate surface area is 330 Å². The quantitative estimate of drug-likeness (QED) is 0.155. The maximum absolute atomic E-state index is 12.7. The second-order valence-corrected chi connectivity index (χ2v) is 17.9. The van der Waals surface area contributed by atoms with Crippen molar-refractivity contribution in [1.29, 1.82) is 0 Å². The molecule has 0 bridgehead atoms. The molecule has 2 atom stereocenters. The Hall–Kier alpha value is -4.42. The number of nitrogens with zero attached hydrogens (tertiary/aromatic N) is 6. The van der Waals surface area contributed by atoms with E-state index in [2.05, 4.69) is 54.2 Å². The fourth-order valence-electron chi connectivity index (χ4n) is 8.73. The van der Waals surface area contributed by atoms with Gasteiger partial charge in [0.25, 0.3) is 11.8 Å². The predicted octanol–water partition coefficient (Wildman–Crippen LogP) is 6.58. The van der Waals surface area contributed by atoms with Gasteiger partial charge in [-0.15, -0.1) is 0 Å². The lowest BCUT2D eigenvalue weighted by molar-refractivity contribution is -0.00313. The van der Waals surface area contributed by atoms with Gasteiger partial charge in [-0.2, -0.15) is 0 Å². The summed E-state index contributed by atoms with van der Waals surface area (Å²) in [4.78, 5) is 48.0. The lowest BCUT2D eigenvalue weighted by Crippen LogP contribution is -2.46. The Kier molecular flexibility index (Phi) is 11.5. The van der Waals surface area contributed by atoms with E-state index in [0.717, 1.165) is 97.9 Å². The summed E-state index contributed by atoms with van der Waals surface area (Å²) in [5.41, 5.74) is 1.60. The number of pyridine rings is 4. The molecule has 0 radical (unpaired) electrons. The van der Waals surface area contributed by atoms with E-state index in [9.17, 15) is 19.8 Å². The predicted molar refractivity (Wildman–Crippen MR) is 221 cm³/mol. The second-order valence-electron chi connectivity index (χ2n) is 17.9. The maximum Gasteiger partial charge on any atom is 0.253 e. The zero-order valence-electron chi connectivity index (χ0n) is 34.0. The number of hydrogen-bond donors (Lipinski definition) is 4. The van der Waals surface area contributed by atoms with E-state index < -0.39 is 11.2 Å². The lowest BCUT2D eigenvalue weighted by Gasteiger charge is -2.39. The van der Waals surface area contributed by atoms with Crippen molar-refractivity contribution in [2.45, 2.75) is 141 Å². The first-order valence-electron chi connectivity index (χ1n) is 20.7. The zero-order valence-corrected chi connectivity index (χ0v) is 34.0. The molecule has 4 aromatic rings. The SMILES string of the molecule is C[C@@H]1CCN1c1cc2ncc(C(=O)NC3CCC(C(C)(C)O)CC3)cc2cn1.C[C@H]1CCN1c1cc2ncc(C(=O)NC3CCC(C(C)(C)O)CC3)cc2cn1.